The molecule has 2 heterocycles. The van der Waals surface area contributed by atoms with Crippen molar-refractivity contribution in [3.05, 3.63) is 18.0 Å². The molecule has 1 aromatic rings. The van der Waals surface area contributed by atoms with Crippen LogP contribution >= 0.6 is 0 Å². The van der Waals surface area contributed by atoms with Crippen LogP contribution in [0.25, 0.3) is 0 Å². The van der Waals surface area contributed by atoms with E-state index in [2.05, 4.69) is 10.4 Å². The molecule has 0 unspecified atom stereocenters. The summed E-state index contributed by atoms with van der Waals surface area (Å²) in [4.78, 5) is 12.2. The lowest BCUT2D eigenvalue weighted by atomic mass is 10.2. The average Bonchev–Trinajstić information content (AvgIpc) is 3.36. The van der Waals surface area contributed by atoms with Crippen LogP contribution in [0, 0.1) is 6.92 Å². The Balaban J connectivity index is 1.44. The second kappa shape index (κ2) is 7.84. The standard InChI is InChI=1S/C16H26N4O4S/c1-13-10-18-19(11-13)6-2-5-17-16(21)9-14-12-24-8-7-20(14)25(22,23)15-3-4-15/h10-11,14-15H,2-9,12H2,1H3,(H,17,21)/t14-/m1/s1. The molecule has 2 fully saturated rings. The smallest absolute Gasteiger partial charge is 0.221 e. The number of nitrogens with one attached hydrogen (secondary N) is 1. The fraction of sp³-hybridized carbons (Fsp3) is 0.750. The Morgan fingerprint density at radius 1 is 1.44 bits per heavy atom. The van der Waals surface area contributed by atoms with Crippen molar-refractivity contribution in [1.29, 1.82) is 0 Å². The van der Waals surface area contributed by atoms with Crippen LogP contribution in [0.2, 0.25) is 0 Å². The molecule has 1 saturated carbocycles. The summed E-state index contributed by atoms with van der Waals surface area (Å²) in [6, 6.07) is -0.395. The zero-order valence-corrected chi connectivity index (χ0v) is 15.4. The van der Waals surface area contributed by atoms with Gasteiger partial charge in [0.2, 0.25) is 15.9 Å². The summed E-state index contributed by atoms with van der Waals surface area (Å²) in [5.41, 5.74) is 1.11. The van der Waals surface area contributed by atoms with Gasteiger partial charge in [-0.2, -0.15) is 9.40 Å². The lowest BCUT2D eigenvalue weighted by Gasteiger charge is -2.34. The molecule has 2 aliphatic rings. The molecule has 0 spiro atoms. The van der Waals surface area contributed by atoms with E-state index in [1.165, 1.54) is 4.31 Å². The van der Waals surface area contributed by atoms with Gasteiger partial charge in [-0.15, -0.1) is 0 Å². The third kappa shape index (κ3) is 4.80. The van der Waals surface area contributed by atoms with E-state index in [1.54, 1.807) is 6.20 Å². The average molecular weight is 370 g/mol. The number of hydrogen-bond donors (Lipinski definition) is 1. The highest BCUT2D eigenvalue weighted by atomic mass is 32.2. The molecule has 1 aliphatic heterocycles. The zero-order valence-electron chi connectivity index (χ0n) is 14.6. The maximum atomic E-state index is 12.5. The van der Waals surface area contributed by atoms with Crippen molar-refractivity contribution < 1.29 is 17.9 Å². The molecule has 1 atom stereocenters. The predicted octanol–water partition coefficient (Wildman–Crippen LogP) is 0.281. The highest BCUT2D eigenvalue weighted by molar-refractivity contribution is 7.90. The molecule has 9 heteroatoms. The summed E-state index contributed by atoms with van der Waals surface area (Å²) in [7, 11) is -3.28. The van der Waals surface area contributed by atoms with Gasteiger partial charge in [0.05, 0.1) is 30.7 Å². The fourth-order valence-electron chi connectivity index (χ4n) is 3.04. The van der Waals surface area contributed by atoms with Gasteiger partial charge < -0.3 is 10.1 Å². The predicted molar refractivity (Wildman–Crippen MR) is 92.5 cm³/mol. The first-order valence-corrected chi connectivity index (χ1v) is 10.3. The van der Waals surface area contributed by atoms with Gasteiger partial charge in [-0.3, -0.25) is 9.48 Å². The van der Waals surface area contributed by atoms with E-state index >= 15 is 0 Å². The van der Waals surface area contributed by atoms with Crippen molar-refractivity contribution in [3.8, 4) is 0 Å². The number of hydrogen-bond acceptors (Lipinski definition) is 5. The number of carbonyl (C=O) groups excluding carboxylic acids is 1. The number of amides is 1. The van der Waals surface area contributed by atoms with Crippen LogP contribution in [0.5, 0.6) is 0 Å². The van der Waals surface area contributed by atoms with Gasteiger partial charge in [0.25, 0.3) is 0 Å². The quantitative estimate of drug-likeness (QED) is 0.664. The minimum absolute atomic E-state index is 0.136. The van der Waals surface area contributed by atoms with E-state index in [0.29, 0.717) is 19.7 Å². The summed E-state index contributed by atoms with van der Waals surface area (Å²) >= 11 is 0. The van der Waals surface area contributed by atoms with Crippen LogP contribution in [-0.4, -0.2) is 66.0 Å². The molecule has 3 rings (SSSR count). The van der Waals surface area contributed by atoms with Gasteiger partial charge in [-0.05, 0) is 31.7 Å². The molecule has 0 aromatic carbocycles. The Hall–Kier alpha value is -1.45. The first-order chi connectivity index (χ1) is 12.0. The molecule has 0 radical (unpaired) electrons. The third-order valence-electron chi connectivity index (χ3n) is 4.52. The molecule has 8 nitrogen and oxygen atoms in total. The van der Waals surface area contributed by atoms with Crippen LogP contribution < -0.4 is 5.32 Å². The van der Waals surface area contributed by atoms with Gasteiger partial charge in [0.15, 0.2) is 0 Å². The monoisotopic (exact) mass is 370 g/mol. The summed E-state index contributed by atoms with van der Waals surface area (Å²) in [6.45, 7) is 4.29. The van der Waals surface area contributed by atoms with E-state index in [0.717, 1.165) is 31.4 Å². The van der Waals surface area contributed by atoms with Crippen molar-refractivity contribution >= 4 is 15.9 Å². The third-order valence-corrected chi connectivity index (χ3v) is 6.96. The number of carbonyl (C=O) groups is 1. The number of aryl methyl sites for hydroxylation is 2. The van der Waals surface area contributed by atoms with Gasteiger partial charge in [0.1, 0.15) is 0 Å². The molecule has 25 heavy (non-hydrogen) atoms. The van der Waals surface area contributed by atoms with Crippen molar-refractivity contribution in [2.45, 2.75) is 50.4 Å². The Labute approximate surface area is 148 Å². The van der Waals surface area contributed by atoms with Gasteiger partial charge in [-0.25, -0.2) is 8.42 Å². The molecular formula is C16H26N4O4S. The number of sulfonamides is 1. The second-order valence-electron chi connectivity index (χ2n) is 6.77. The maximum absolute atomic E-state index is 12.5. The molecule has 0 bridgehead atoms. The van der Waals surface area contributed by atoms with Crippen molar-refractivity contribution in [2.24, 2.45) is 0 Å². The van der Waals surface area contributed by atoms with Crippen LogP contribution in [0.15, 0.2) is 12.4 Å². The van der Waals surface area contributed by atoms with Crippen molar-refractivity contribution in [2.75, 3.05) is 26.3 Å². The van der Waals surface area contributed by atoms with E-state index in [1.807, 2.05) is 17.8 Å². The highest BCUT2D eigenvalue weighted by Crippen LogP contribution is 2.33. The minimum atomic E-state index is -3.28. The number of aromatic nitrogens is 2. The molecule has 1 saturated heterocycles. The summed E-state index contributed by atoms with van der Waals surface area (Å²) in [5, 5.41) is 6.81. The number of morpholine rings is 1. The van der Waals surface area contributed by atoms with Gasteiger partial charge in [0, 0.05) is 32.3 Å². The molecule has 1 aromatic heterocycles. The lowest BCUT2D eigenvalue weighted by molar-refractivity contribution is -0.123. The largest absolute Gasteiger partial charge is 0.378 e. The van der Waals surface area contributed by atoms with Crippen molar-refractivity contribution in [3.63, 3.8) is 0 Å². The Bertz CT molecular complexity index is 699. The lowest BCUT2D eigenvalue weighted by Crippen LogP contribution is -2.51. The Morgan fingerprint density at radius 3 is 2.92 bits per heavy atom. The normalized spacial score (nSPS) is 22.0. The van der Waals surface area contributed by atoms with Crippen LogP contribution in [0.4, 0.5) is 0 Å². The summed E-state index contributed by atoms with van der Waals surface area (Å²) < 4.78 is 33.7. The number of ether oxygens (including phenoxy) is 1. The molecule has 1 amide bonds. The van der Waals surface area contributed by atoms with E-state index in [-0.39, 0.29) is 24.2 Å². The molecular weight excluding hydrogens is 344 g/mol. The van der Waals surface area contributed by atoms with Crippen LogP contribution in [0.3, 0.4) is 0 Å². The minimum Gasteiger partial charge on any atom is -0.378 e. The molecule has 1 N–H and O–H groups in total. The van der Waals surface area contributed by atoms with Gasteiger partial charge >= 0.3 is 0 Å². The van der Waals surface area contributed by atoms with E-state index in [9.17, 15) is 13.2 Å². The van der Waals surface area contributed by atoms with Crippen LogP contribution in [0.1, 0.15) is 31.2 Å². The summed E-state index contributed by atoms with van der Waals surface area (Å²) in [5.74, 6) is -0.136. The van der Waals surface area contributed by atoms with E-state index in [4.69, 9.17) is 4.74 Å². The first-order valence-electron chi connectivity index (χ1n) is 8.81. The SMILES string of the molecule is Cc1cnn(CCCNC(=O)C[C@@H]2COCCN2S(=O)(=O)C2CC2)c1. The Kier molecular flexibility index (Phi) is 5.75. The number of rotatable bonds is 8. The maximum Gasteiger partial charge on any atom is 0.221 e. The molecule has 1 aliphatic carbocycles. The van der Waals surface area contributed by atoms with E-state index < -0.39 is 16.1 Å². The highest BCUT2D eigenvalue weighted by Gasteiger charge is 2.44. The number of nitrogens with zero attached hydrogens (tertiary/aromatic N) is 3. The van der Waals surface area contributed by atoms with Gasteiger partial charge in [-0.1, -0.05) is 0 Å². The zero-order chi connectivity index (χ0) is 17.9. The summed E-state index contributed by atoms with van der Waals surface area (Å²) in [6.07, 6.45) is 6.14. The first kappa shape index (κ1) is 18.3. The molecule has 140 valence electrons. The van der Waals surface area contributed by atoms with Crippen molar-refractivity contribution in [1.82, 2.24) is 19.4 Å². The fourth-order valence-corrected chi connectivity index (χ4v) is 5.03. The second-order valence-corrected chi connectivity index (χ2v) is 8.94. The van der Waals surface area contributed by atoms with Crippen LogP contribution in [-0.2, 0) is 26.1 Å². The topological polar surface area (TPSA) is 93.5 Å². The Morgan fingerprint density at radius 2 is 2.24 bits per heavy atom.